The maximum Gasteiger partial charge on any atom is 0.228 e. The Kier molecular flexibility index (Phi) is 7.70. The Morgan fingerprint density at radius 3 is 2.62 bits per heavy atom. The molecule has 16 heavy (non-hydrogen) atoms. The molecule has 0 aliphatic rings. The van der Waals surface area contributed by atoms with E-state index in [0.717, 1.165) is 0 Å². The first kappa shape index (κ1) is 15.0. The lowest BCUT2D eigenvalue weighted by Crippen LogP contribution is -2.35. The van der Waals surface area contributed by atoms with Gasteiger partial charge in [0.2, 0.25) is 5.90 Å². The van der Waals surface area contributed by atoms with E-state index < -0.39 is 0 Å². The molecule has 6 nitrogen and oxygen atoms in total. The summed E-state index contributed by atoms with van der Waals surface area (Å²) < 4.78 is 4.83. The molecule has 0 aliphatic heterocycles. The van der Waals surface area contributed by atoms with E-state index in [9.17, 15) is 0 Å². The summed E-state index contributed by atoms with van der Waals surface area (Å²) in [5.74, 6) is 0.0259. The Labute approximate surface area is 96.4 Å². The zero-order chi connectivity index (χ0) is 12.6. The van der Waals surface area contributed by atoms with Crippen LogP contribution in [0.15, 0.2) is 4.99 Å². The van der Waals surface area contributed by atoms with Gasteiger partial charge < -0.3 is 20.9 Å². The number of rotatable bonds is 7. The summed E-state index contributed by atoms with van der Waals surface area (Å²) >= 11 is 0. The minimum atomic E-state index is -0.0718. The topological polar surface area (TPSA) is 104 Å². The molecule has 0 radical (unpaired) electrons. The number of hydrogen-bond acceptors (Lipinski definition) is 6. The van der Waals surface area contributed by atoms with Crippen LogP contribution in [0.5, 0.6) is 0 Å². The Balaban J connectivity index is 4.47. The average molecular weight is 230 g/mol. The summed E-state index contributed by atoms with van der Waals surface area (Å²) in [6, 6.07) is -0.140. The van der Waals surface area contributed by atoms with E-state index in [4.69, 9.17) is 21.0 Å². The fourth-order valence-electron chi connectivity index (χ4n) is 0.952. The van der Waals surface area contributed by atoms with Crippen LogP contribution in [-0.4, -0.2) is 55.6 Å². The third-order valence-corrected chi connectivity index (χ3v) is 2.17. The largest absolute Gasteiger partial charge is 0.480 e. The normalized spacial score (nSPS) is 15.7. The Bertz CT molecular complexity index is 241. The zero-order valence-corrected chi connectivity index (χ0v) is 10.2. The van der Waals surface area contributed by atoms with Crippen LogP contribution in [-0.2, 0) is 4.74 Å². The SMILES string of the molecule is COC(=N)C(CNCCO)=NC(C)[C@@H](C)N. The van der Waals surface area contributed by atoms with Crippen molar-refractivity contribution < 1.29 is 9.84 Å². The van der Waals surface area contributed by atoms with Gasteiger partial charge in [0, 0.05) is 19.1 Å². The van der Waals surface area contributed by atoms with E-state index >= 15 is 0 Å². The monoisotopic (exact) mass is 230 g/mol. The quantitative estimate of drug-likeness (QED) is 0.265. The Morgan fingerprint density at radius 2 is 2.19 bits per heavy atom. The van der Waals surface area contributed by atoms with Gasteiger partial charge in [0.15, 0.2) is 0 Å². The van der Waals surface area contributed by atoms with Crippen LogP contribution < -0.4 is 11.1 Å². The molecule has 0 rings (SSSR count). The van der Waals surface area contributed by atoms with Gasteiger partial charge in [-0.2, -0.15) is 0 Å². The number of nitrogens with one attached hydrogen (secondary N) is 2. The lowest BCUT2D eigenvalue weighted by molar-refractivity contribution is 0.295. The van der Waals surface area contributed by atoms with Crippen molar-refractivity contribution in [3.8, 4) is 0 Å². The van der Waals surface area contributed by atoms with E-state index in [1.54, 1.807) is 0 Å². The summed E-state index contributed by atoms with van der Waals surface area (Å²) in [6.07, 6.45) is 0. The lowest BCUT2D eigenvalue weighted by atomic mass is 10.2. The van der Waals surface area contributed by atoms with Crippen molar-refractivity contribution in [2.75, 3.05) is 26.8 Å². The number of ether oxygens (including phenoxy) is 1. The fourth-order valence-corrected chi connectivity index (χ4v) is 0.952. The van der Waals surface area contributed by atoms with Crippen molar-refractivity contribution in [1.82, 2.24) is 5.32 Å². The van der Waals surface area contributed by atoms with Gasteiger partial charge in [0.05, 0.1) is 19.8 Å². The maximum atomic E-state index is 8.64. The molecule has 5 N–H and O–H groups in total. The van der Waals surface area contributed by atoms with Crippen LogP contribution in [0.3, 0.4) is 0 Å². The molecular weight excluding hydrogens is 208 g/mol. The highest BCUT2D eigenvalue weighted by Crippen LogP contribution is 1.97. The molecule has 0 saturated heterocycles. The third kappa shape index (κ3) is 5.79. The Hall–Kier alpha value is -0.980. The summed E-state index contributed by atoms with van der Waals surface area (Å²) in [6.45, 7) is 4.66. The molecule has 2 atom stereocenters. The van der Waals surface area contributed by atoms with Crippen molar-refractivity contribution in [3.63, 3.8) is 0 Å². The summed E-state index contributed by atoms with van der Waals surface area (Å²) in [5.41, 5.74) is 6.22. The predicted molar refractivity (Wildman–Crippen MR) is 65.2 cm³/mol. The number of methoxy groups -OCH3 is 1. The molecule has 0 aromatic rings. The Morgan fingerprint density at radius 1 is 1.56 bits per heavy atom. The average Bonchev–Trinajstić information content (AvgIpc) is 2.26. The van der Waals surface area contributed by atoms with Gasteiger partial charge in [-0.1, -0.05) is 0 Å². The highest BCUT2D eigenvalue weighted by Gasteiger charge is 2.11. The first-order valence-corrected chi connectivity index (χ1v) is 5.29. The van der Waals surface area contributed by atoms with Crippen LogP contribution in [0.2, 0.25) is 0 Å². The van der Waals surface area contributed by atoms with E-state index in [-0.39, 0.29) is 24.6 Å². The smallest absolute Gasteiger partial charge is 0.228 e. The molecule has 0 fully saturated rings. The molecule has 0 spiro atoms. The molecule has 0 saturated carbocycles. The molecule has 0 amide bonds. The molecule has 1 unspecified atom stereocenters. The predicted octanol–water partition coefficient (Wildman–Crippen LogP) is -0.631. The number of nitrogens with two attached hydrogens (primary N) is 1. The molecule has 0 bridgehead atoms. The number of hydrogen-bond donors (Lipinski definition) is 4. The van der Waals surface area contributed by atoms with E-state index in [0.29, 0.717) is 18.8 Å². The van der Waals surface area contributed by atoms with Gasteiger partial charge in [-0.05, 0) is 13.8 Å². The number of aliphatic hydroxyl groups is 1. The van der Waals surface area contributed by atoms with Crippen LogP contribution >= 0.6 is 0 Å². The minimum Gasteiger partial charge on any atom is -0.480 e. The van der Waals surface area contributed by atoms with Crippen LogP contribution in [0.4, 0.5) is 0 Å². The summed E-state index contributed by atoms with van der Waals surface area (Å²) in [4.78, 5) is 4.32. The minimum absolute atomic E-state index is 0.0259. The summed E-state index contributed by atoms with van der Waals surface area (Å²) in [7, 11) is 1.43. The van der Waals surface area contributed by atoms with Gasteiger partial charge in [-0.15, -0.1) is 0 Å². The lowest BCUT2D eigenvalue weighted by Gasteiger charge is -2.14. The van der Waals surface area contributed by atoms with Crippen molar-refractivity contribution >= 4 is 11.6 Å². The highest BCUT2D eigenvalue weighted by atomic mass is 16.5. The first-order chi connectivity index (χ1) is 7.52. The van der Waals surface area contributed by atoms with Gasteiger partial charge in [-0.3, -0.25) is 10.4 Å². The van der Waals surface area contributed by atoms with Gasteiger partial charge in [-0.25, -0.2) is 0 Å². The zero-order valence-electron chi connectivity index (χ0n) is 10.2. The number of aliphatic imine (C=N–C) groups is 1. The number of nitrogens with zero attached hydrogens (tertiary/aromatic N) is 1. The summed E-state index contributed by atoms with van der Waals surface area (Å²) in [5, 5.41) is 19.2. The van der Waals surface area contributed by atoms with Crippen molar-refractivity contribution in [2.45, 2.75) is 25.9 Å². The fraction of sp³-hybridized carbons (Fsp3) is 0.800. The molecule has 0 heterocycles. The second kappa shape index (κ2) is 8.20. The van der Waals surface area contributed by atoms with Crippen molar-refractivity contribution in [2.24, 2.45) is 10.7 Å². The van der Waals surface area contributed by atoms with E-state index in [1.807, 2.05) is 13.8 Å². The molecule has 0 aromatic carbocycles. The number of aliphatic hydroxyl groups excluding tert-OH is 1. The van der Waals surface area contributed by atoms with Crippen LogP contribution in [0, 0.1) is 5.41 Å². The molecule has 6 heteroatoms. The van der Waals surface area contributed by atoms with Crippen LogP contribution in [0.1, 0.15) is 13.8 Å². The molecule has 94 valence electrons. The van der Waals surface area contributed by atoms with Gasteiger partial charge in [0.1, 0.15) is 5.71 Å². The first-order valence-electron chi connectivity index (χ1n) is 5.29. The standard InChI is InChI=1S/C10H22N4O2/c1-7(11)8(2)14-9(10(12)16-3)6-13-4-5-15/h7-8,12-13,15H,4-6,11H2,1-3H3/t7-,8?/m1/s1. The third-order valence-electron chi connectivity index (χ3n) is 2.17. The van der Waals surface area contributed by atoms with E-state index in [1.165, 1.54) is 7.11 Å². The molecule has 0 aliphatic carbocycles. The second-order valence-corrected chi connectivity index (χ2v) is 3.61. The van der Waals surface area contributed by atoms with Crippen molar-refractivity contribution in [3.05, 3.63) is 0 Å². The molecular formula is C10H22N4O2. The van der Waals surface area contributed by atoms with Gasteiger partial charge in [0.25, 0.3) is 0 Å². The van der Waals surface area contributed by atoms with Crippen molar-refractivity contribution in [1.29, 1.82) is 5.41 Å². The highest BCUT2D eigenvalue weighted by molar-refractivity contribution is 6.38. The maximum absolute atomic E-state index is 8.64. The van der Waals surface area contributed by atoms with Gasteiger partial charge >= 0.3 is 0 Å². The van der Waals surface area contributed by atoms with Crippen LogP contribution in [0.25, 0.3) is 0 Å². The second-order valence-electron chi connectivity index (χ2n) is 3.61. The van der Waals surface area contributed by atoms with E-state index in [2.05, 4.69) is 10.3 Å². The molecule has 0 aromatic heterocycles.